The van der Waals surface area contributed by atoms with Crippen LogP contribution in [0.1, 0.15) is 16.4 Å². The van der Waals surface area contributed by atoms with E-state index in [9.17, 15) is 0 Å². The fourth-order valence-electron chi connectivity index (χ4n) is 1.49. The number of hydrogen-bond donors (Lipinski definition) is 0. The zero-order valence-electron chi connectivity index (χ0n) is 8.03. The van der Waals surface area contributed by atoms with E-state index in [1.165, 1.54) is 4.48 Å². The van der Waals surface area contributed by atoms with E-state index in [-0.39, 0.29) is 0 Å². The van der Waals surface area contributed by atoms with Crippen LogP contribution in [0, 0.1) is 6.92 Å². The van der Waals surface area contributed by atoms with Gasteiger partial charge in [-0.2, -0.15) is 0 Å². The molecule has 1 aliphatic heterocycles. The Morgan fingerprint density at radius 1 is 1.57 bits per heavy atom. The van der Waals surface area contributed by atoms with Crippen LogP contribution < -0.4 is 0 Å². The highest BCUT2D eigenvalue weighted by atomic mass is 79.9. The summed E-state index contributed by atoms with van der Waals surface area (Å²) >= 11 is 5.22. The molecular formula is C9H12BrN3S. The Bertz CT molecular complexity index is 348. The molecule has 5 heteroatoms. The van der Waals surface area contributed by atoms with Gasteiger partial charge in [0, 0.05) is 17.6 Å². The Morgan fingerprint density at radius 2 is 2.43 bits per heavy atom. The summed E-state index contributed by atoms with van der Waals surface area (Å²) in [4.78, 5) is 2.38. The van der Waals surface area contributed by atoms with Crippen molar-refractivity contribution in [3.63, 3.8) is 0 Å². The average Bonchev–Trinajstić information content (AvgIpc) is 2.51. The lowest BCUT2D eigenvalue weighted by atomic mass is 10.2. The Hall–Kier alpha value is -0.260. The molecule has 0 saturated heterocycles. The van der Waals surface area contributed by atoms with Crippen LogP contribution in [0.5, 0.6) is 0 Å². The van der Waals surface area contributed by atoms with Crippen molar-refractivity contribution in [2.24, 2.45) is 0 Å². The van der Waals surface area contributed by atoms with E-state index in [1.54, 1.807) is 11.3 Å². The standard InChI is InChI=1S/C9H12BrN3S/c1-7-11-12-9(14-7)6-13-4-2-3-8(10)5-13/h3H,2,4-6H2,1H3. The van der Waals surface area contributed by atoms with Gasteiger partial charge in [-0.25, -0.2) is 0 Å². The van der Waals surface area contributed by atoms with Crippen molar-refractivity contribution in [2.75, 3.05) is 13.1 Å². The number of aromatic nitrogens is 2. The summed E-state index contributed by atoms with van der Waals surface area (Å²) in [7, 11) is 0. The molecule has 3 nitrogen and oxygen atoms in total. The maximum Gasteiger partial charge on any atom is 0.131 e. The molecule has 76 valence electrons. The average molecular weight is 274 g/mol. The lowest BCUT2D eigenvalue weighted by molar-refractivity contribution is 0.287. The van der Waals surface area contributed by atoms with Gasteiger partial charge >= 0.3 is 0 Å². The Morgan fingerprint density at radius 3 is 3.07 bits per heavy atom. The van der Waals surface area contributed by atoms with Gasteiger partial charge in [-0.15, -0.1) is 21.5 Å². The first-order valence-corrected chi connectivity index (χ1v) is 6.21. The Labute approximate surface area is 96.0 Å². The third-order valence-electron chi connectivity index (χ3n) is 2.11. The van der Waals surface area contributed by atoms with Crippen molar-refractivity contribution < 1.29 is 0 Å². The molecule has 0 unspecified atom stereocenters. The molecule has 0 atom stereocenters. The molecule has 0 N–H and O–H groups in total. The summed E-state index contributed by atoms with van der Waals surface area (Å²) in [6.45, 7) is 5.04. The number of rotatable bonds is 2. The number of nitrogens with zero attached hydrogens (tertiary/aromatic N) is 3. The number of halogens is 1. The van der Waals surface area contributed by atoms with Crippen molar-refractivity contribution in [1.82, 2.24) is 15.1 Å². The SMILES string of the molecule is Cc1nnc(CN2CCC=C(Br)C2)s1. The maximum absolute atomic E-state index is 4.13. The molecule has 0 aliphatic carbocycles. The maximum atomic E-state index is 4.13. The highest BCUT2D eigenvalue weighted by molar-refractivity contribution is 9.11. The first-order valence-electron chi connectivity index (χ1n) is 4.60. The lowest BCUT2D eigenvalue weighted by Gasteiger charge is -2.23. The van der Waals surface area contributed by atoms with E-state index in [0.717, 1.165) is 36.1 Å². The summed E-state index contributed by atoms with van der Waals surface area (Å²) in [5, 5.41) is 10.3. The molecule has 0 radical (unpaired) electrons. The number of hydrogen-bond acceptors (Lipinski definition) is 4. The van der Waals surface area contributed by atoms with Gasteiger partial charge in [-0.1, -0.05) is 22.0 Å². The second kappa shape index (κ2) is 4.51. The first kappa shape index (κ1) is 10.3. The van der Waals surface area contributed by atoms with Gasteiger partial charge in [0.1, 0.15) is 10.0 Å². The van der Waals surface area contributed by atoms with Gasteiger partial charge in [0.2, 0.25) is 0 Å². The third-order valence-corrected chi connectivity index (χ3v) is 3.51. The molecule has 2 heterocycles. The van der Waals surface area contributed by atoms with E-state index in [0.29, 0.717) is 0 Å². The van der Waals surface area contributed by atoms with Crippen molar-refractivity contribution in [1.29, 1.82) is 0 Å². The van der Waals surface area contributed by atoms with Crippen LogP contribution in [0.3, 0.4) is 0 Å². The predicted molar refractivity (Wildman–Crippen MR) is 61.6 cm³/mol. The molecule has 1 aliphatic rings. The van der Waals surface area contributed by atoms with Gasteiger partial charge in [-0.05, 0) is 13.3 Å². The topological polar surface area (TPSA) is 29.0 Å². The second-order valence-corrected chi connectivity index (χ2v) is 5.65. The normalized spacial score (nSPS) is 18.3. The highest BCUT2D eigenvalue weighted by Gasteiger charge is 2.12. The fourth-order valence-corrected chi connectivity index (χ4v) is 2.82. The van der Waals surface area contributed by atoms with Gasteiger partial charge < -0.3 is 0 Å². The van der Waals surface area contributed by atoms with Crippen molar-refractivity contribution in [3.8, 4) is 0 Å². The zero-order valence-corrected chi connectivity index (χ0v) is 10.4. The second-order valence-electron chi connectivity index (χ2n) is 3.37. The number of aryl methyl sites for hydroxylation is 1. The minimum absolute atomic E-state index is 0.925. The van der Waals surface area contributed by atoms with Crippen molar-refractivity contribution in [2.45, 2.75) is 19.9 Å². The third kappa shape index (κ3) is 2.62. The van der Waals surface area contributed by atoms with Gasteiger partial charge in [-0.3, -0.25) is 4.90 Å². The largest absolute Gasteiger partial charge is 0.292 e. The van der Waals surface area contributed by atoms with Crippen molar-refractivity contribution >= 4 is 27.3 Å². The smallest absolute Gasteiger partial charge is 0.131 e. The van der Waals surface area contributed by atoms with E-state index < -0.39 is 0 Å². The zero-order chi connectivity index (χ0) is 9.97. The van der Waals surface area contributed by atoms with Crippen LogP contribution in [0.25, 0.3) is 0 Å². The molecule has 0 fully saturated rings. The molecule has 0 aromatic carbocycles. The van der Waals surface area contributed by atoms with E-state index in [1.807, 2.05) is 6.92 Å². The van der Waals surface area contributed by atoms with E-state index in [4.69, 9.17) is 0 Å². The summed E-state index contributed by atoms with van der Waals surface area (Å²) in [5.74, 6) is 0. The Kier molecular flexibility index (Phi) is 3.30. The Balaban J connectivity index is 1.95. The quantitative estimate of drug-likeness (QED) is 0.828. The summed E-state index contributed by atoms with van der Waals surface area (Å²) < 4.78 is 1.28. The molecule has 14 heavy (non-hydrogen) atoms. The van der Waals surface area contributed by atoms with Crippen LogP contribution in [0.2, 0.25) is 0 Å². The van der Waals surface area contributed by atoms with Crippen molar-refractivity contribution in [3.05, 3.63) is 20.6 Å². The summed E-state index contributed by atoms with van der Waals surface area (Å²) in [5.41, 5.74) is 0. The van der Waals surface area contributed by atoms with Gasteiger partial charge in [0.05, 0.1) is 6.54 Å². The predicted octanol–water partition coefficient (Wildman–Crippen LogP) is 2.33. The molecule has 0 bridgehead atoms. The van der Waals surface area contributed by atoms with E-state index in [2.05, 4.69) is 37.1 Å². The molecule has 1 aromatic heterocycles. The lowest BCUT2D eigenvalue weighted by Crippen LogP contribution is -2.28. The molecule has 0 amide bonds. The highest BCUT2D eigenvalue weighted by Crippen LogP contribution is 2.18. The minimum Gasteiger partial charge on any atom is -0.292 e. The molecule has 1 aromatic rings. The molecule has 0 spiro atoms. The van der Waals surface area contributed by atoms with E-state index >= 15 is 0 Å². The molecular weight excluding hydrogens is 262 g/mol. The molecule has 2 rings (SSSR count). The van der Waals surface area contributed by atoms with Crippen LogP contribution in [-0.2, 0) is 6.54 Å². The van der Waals surface area contributed by atoms with Crippen LogP contribution in [0.15, 0.2) is 10.6 Å². The minimum atomic E-state index is 0.925. The van der Waals surface area contributed by atoms with Gasteiger partial charge in [0.25, 0.3) is 0 Å². The van der Waals surface area contributed by atoms with Crippen LogP contribution >= 0.6 is 27.3 Å². The summed E-state index contributed by atoms with van der Waals surface area (Å²) in [6, 6.07) is 0. The monoisotopic (exact) mass is 273 g/mol. The summed E-state index contributed by atoms with van der Waals surface area (Å²) in [6.07, 6.45) is 3.36. The van der Waals surface area contributed by atoms with Gasteiger partial charge in [0.15, 0.2) is 0 Å². The fraction of sp³-hybridized carbons (Fsp3) is 0.556. The van der Waals surface area contributed by atoms with Crippen LogP contribution in [0.4, 0.5) is 0 Å². The first-order chi connectivity index (χ1) is 6.74. The van der Waals surface area contributed by atoms with Crippen LogP contribution in [-0.4, -0.2) is 28.2 Å². The molecule has 0 saturated carbocycles.